The molecule has 0 spiro atoms. The molecule has 1 aromatic heterocycles. The summed E-state index contributed by atoms with van der Waals surface area (Å²) < 4.78 is 0. The quantitative estimate of drug-likeness (QED) is 0.867. The number of nitrogens with zero attached hydrogens (tertiary/aromatic N) is 1. The fourth-order valence-corrected chi connectivity index (χ4v) is 3.08. The van der Waals surface area contributed by atoms with Gasteiger partial charge in [-0.25, -0.2) is 0 Å². The molecular weight excluding hydrogens is 270 g/mol. The summed E-state index contributed by atoms with van der Waals surface area (Å²) in [6.45, 7) is 8.17. The van der Waals surface area contributed by atoms with E-state index in [2.05, 4.69) is 32.6 Å². The van der Waals surface area contributed by atoms with E-state index in [4.69, 9.17) is 5.11 Å². The van der Waals surface area contributed by atoms with Crippen LogP contribution in [0.4, 0.5) is 0 Å². The minimum absolute atomic E-state index is 0.0447. The Morgan fingerprint density at radius 1 is 1.45 bits per heavy atom. The molecule has 0 fully saturated rings. The number of aliphatic hydroxyl groups is 1. The van der Waals surface area contributed by atoms with Crippen LogP contribution in [0.2, 0.25) is 0 Å². The van der Waals surface area contributed by atoms with Gasteiger partial charge in [0.05, 0.1) is 9.75 Å². The van der Waals surface area contributed by atoms with Crippen molar-refractivity contribution < 1.29 is 9.90 Å². The van der Waals surface area contributed by atoms with Crippen LogP contribution in [-0.4, -0.2) is 35.6 Å². The molecule has 0 bridgehead atoms. The Morgan fingerprint density at radius 3 is 2.65 bits per heavy atom. The molecule has 1 amide bonds. The first-order valence-electron chi connectivity index (χ1n) is 6.84. The van der Waals surface area contributed by atoms with Crippen molar-refractivity contribution in [3.05, 3.63) is 21.4 Å². The summed E-state index contributed by atoms with van der Waals surface area (Å²) in [5, 5.41) is 8.74. The van der Waals surface area contributed by atoms with Crippen molar-refractivity contribution in [1.82, 2.24) is 4.90 Å². The normalized spacial score (nSPS) is 11.9. The van der Waals surface area contributed by atoms with Crippen molar-refractivity contribution in [3.8, 4) is 11.8 Å². The number of amides is 1. The monoisotopic (exact) mass is 293 g/mol. The molecule has 3 nitrogen and oxygen atoms in total. The molecule has 0 saturated heterocycles. The van der Waals surface area contributed by atoms with Crippen LogP contribution < -0.4 is 0 Å². The topological polar surface area (TPSA) is 40.5 Å². The Balaban J connectivity index is 2.87. The van der Waals surface area contributed by atoms with Crippen LogP contribution in [0.25, 0.3) is 0 Å². The van der Waals surface area contributed by atoms with Crippen LogP contribution in [0.5, 0.6) is 0 Å². The highest BCUT2D eigenvalue weighted by Gasteiger charge is 2.20. The van der Waals surface area contributed by atoms with E-state index in [-0.39, 0.29) is 18.6 Å². The third-order valence-corrected chi connectivity index (χ3v) is 4.34. The predicted octanol–water partition coefficient (Wildman–Crippen LogP) is 2.91. The minimum atomic E-state index is -0.161. The number of rotatable bonds is 4. The van der Waals surface area contributed by atoms with Gasteiger partial charge >= 0.3 is 0 Å². The number of carbonyl (C=O) groups excluding carboxylic acids is 1. The molecule has 0 aliphatic rings. The highest BCUT2D eigenvalue weighted by atomic mass is 32.1. The maximum absolute atomic E-state index is 12.4. The largest absolute Gasteiger partial charge is 0.384 e. The second-order valence-corrected chi connectivity index (χ2v) is 6.53. The van der Waals surface area contributed by atoms with Gasteiger partial charge in [-0.2, -0.15) is 0 Å². The summed E-state index contributed by atoms with van der Waals surface area (Å²) in [5.41, 5.74) is 0.990. The molecule has 0 saturated carbocycles. The summed E-state index contributed by atoms with van der Waals surface area (Å²) in [4.78, 5) is 15.8. The molecule has 4 heteroatoms. The van der Waals surface area contributed by atoms with Crippen molar-refractivity contribution in [2.45, 2.75) is 40.2 Å². The number of hydrogen-bond acceptors (Lipinski definition) is 3. The molecule has 1 unspecified atom stereocenters. The lowest BCUT2D eigenvalue weighted by molar-refractivity contribution is 0.0733. The maximum Gasteiger partial charge on any atom is 0.263 e. The van der Waals surface area contributed by atoms with Gasteiger partial charge < -0.3 is 10.0 Å². The van der Waals surface area contributed by atoms with Gasteiger partial charge in [0.15, 0.2) is 0 Å². The fourth-order valence-electron chi connectivity index (χ4n) is 2.05. The molecule has 1 rings (SSSR count). The third kappa shape index (κ3) is 4.36. The lowest BCUT2D eigenvalue weighted by atomic mass is 10.0. The smallest absolute Gasteiger partial charge is 0.263 e. The Bertz CT molecular complexity index is 522. The summed E-state index contributed by atoms with van der Waals surface area (Å²) in [6, 6.07) is 2.10. The van der Waals surface area contributed by atoms with Gasteiger partial charge in [0.1, 0.15) is 6.61 Å². The van der Waals surface area contributed by atoms with E-state index in [0.29, 0.717) is 10.8 Å². The molecule has 110 valence electrons. The molecule has 1 N–H and O–H groups in total. The molecule has 1 heterocycles. The zero-order chi connectivity index (χ0) is 15.3. The van der Waals surface area contributed by atoms with Crippen LogP contribution in [0, 0.1) is 24.7 Å². The zero-order valence-corrected chi connectivity index (χ0v) is 13.7. The van der Waals surface area contributed by atoms with Crippen molar-refractivity contribution in [2.75, 3.05) is 13.7 Å². The van der Waals surface area contributed by atoms with E-state index in [0.717, 1.165) is 16.9 Å². The van der Waals surface area contributed by atoms with E-state index in [1.807, 2.05) is 20.0 Å². The maximum atomic E-state index is 12.4. The summed E-state index contributed by atoms with van der Waals surface area (Å²) in [7, 11) is 1.85. The van der Waals surface area contributed by atoms with Gasteiger partial charge in [0.25, 0.3) is 5.91 Å². The molecule has 1 aromatic rings. The molecule has 1 atom stereocenters. The molecule has 0 aromatic carbocycles. The standard InChI is InChI=1S/C16H23NO2S/c1-11(2)9-13(4)17(5)16(19)15-10-12(3)14(20-15)7-6-8-18/h10-11,13,18H,8-9H2,1-5H3. The van der Waals surface area contributed by atoms with Crippen LogP contribution in [0.15, 0.2) is 6.07 Å². The number of aliphatic hydroxyl groups excluding tert-OH is 1. The molecule has 0 aliphatic heterocycles. The van der Waals surface area contributed by atoms with Crippen LogP contribution in [0.1, 0.15) is 47.3 Å². The van der Waals surface area contributed by atoms with Crippen LogP contribution in [0.3, 0.4) is 0 Å². The van der Waals surface area contributed by atoms with Crippen LogP contribution in [-0.2, 0) is 0 Å². The van der Waals surface area contributed by atoms with E-state index in [9.17, 15) is 4.79 Å². The molecular formula is C16H23NO2S. The van der Waals surface area contributed by atoms with Gasteiger partial charge in [-0.3, -0.25) is 4.79 Å². The van der Waals surface area contributed by atoms with E-state index in [1.54, 1.807) is 4.90 Å². The molecule has 0 aliphatic carbocycles. The summed E-state index contributed by atoms with van der Waals surface area (Å²) >= 11 is 1.40. The SMILES string of the molecule is Cc1cc(C(=O)N(C)C(C)CC(C)C)sc1C#CCO. The lowest BCUT2D eigenvalue weighted by Gasteiger charge is -2.25. The Morgan fingerprint density at radius 2 is 2.10 bits per heavy atom. The average molecular weight is 293 g/mol. The average Bonchev–Trinajstić information content (AvgIpc) is 2.75. The number of carbonyl (C=O) groups is 1. The van der Waals surface area contributed by atoms with Crippen LogP contribution >= 0.6 is 11.3 Å². The third-order valence-electron chi connectivity index (χ3n) is 3.20. The predicted molar refractivity (Wildman–Crippen MR) is 84.0 cm³/mol. The van der Waals surface area contributed by atoms with Gasteiger partial charge in [0.2, 0.25) is 0 Å². The first-order chi connectivity index (χ1) is 9.36. The van der Waals surface area contributed by atoms with Crippen molar-refractivity contribution in [3.63, 3.8) is 0 Å². The second-order valence-electron chi connectivity index (χ2n) is 5.48. The number of thiophene rings is 1. The van der Waals surface area contributed by atoms with Crippen molar-refractivity contribution in [1.29, 1.82) is 0 Å². The van der Waals surface area contributed by atoms with E-state index < -0.39 is 0 Å². The Labute approximate surface area is 125 Å². The second kappa shape index (κ2) is 7.47. The van der Waals surface area contributed by atoms with E-state index >= 15 is 0 Å². The first-order valence-corrected chi connectivity index (χ1v) is 7.65. The highest BCUT2D eigenvalue weighted by molar-refractivity contribution is 7.14. The number of aryl methyl sites for hydroxylation is 1. The van der Waals surface area contributed by atoms with Gasteiger partial charge in [-0.1, -0.05) is 25.7 Å². The lowest BCUT2D eigenvalue weighted by Crippen LogP contribution is -2.35. The van der Waals surface area contributed by atoms with Gasteiger partial charge in [-0.05, 0) is 37.8 Å². The van der Waals surface area contributed by atoms with E-state index in [1.165, 1.54) is 11.3 Å². The fraction of sp³-hybridized carbons (Fsp3) is 0.562. The van der Waals surface area contributed by atoms with Crippen molar-refractivity contribution >= 4 is 17.2 Å². The first kappa shape index (κ1) is 16.7. The minimum Gasteiger partial charge on any atom is -0.384 e. The van der Waals surface area contributed by atoms with Gasteiger partial charge in [-0.15, -0.1) is 11.3 Å². The molecule has 20 heavy (non-hydrogen) atoms. The van der Waals surface area contributed by atoms with Gasteiger partial charge in [0, 0.05) is 13.1 Å². The Kier molecular flexibility index (Phi) is 6.25. The van der Waals surface area contributed by atoms with Crippen molar-refractivity contribution in [2.24, 2.45) is 5.92 Å². The Hall–Kier alpha value is -1.31. The number of hydrogen-bond donors (Lipinski definition) is 1. The summed E-state index contributed by atoms with van der Waals surface area (Å²) in [5.74, 6) is 6.12. The highest BCUT2D eigenvalue weighted by Crippen LogP contribution is 2.23. The molecule has 0 radical (unpaired) electrons. The zero-order valence-electron chi connectivity index (χ0n) is 12.9. The summed E-state index contributed by atoms with van der Waals surface area (Å²) in [6.07, 6.45) is 0.990.